The van der Waals surface area contributed by atoms with Crippen molar-refractivity contribution in [1.29, 1.82) is 0 Å². The predicted octanol–water partition coefficient (Wildman–Crippen LogP) is 2.33. The standard InChI is InChI=1S/C13H14O/c1-2-3-4-11-5-6-13-10-14-8-7-12(13)9-11/h1,5-6,9H,3-4,7-8,10H2. The van der Waals surface area contributed by atoms with Crippen molar-refractivity contribution in [2.75, 3.05) is 6.61 Å². The van der Waals surface area contributed by atoms with Gasteiger partial charge < -0.3 is 4.74 Å². The Morgan fingerprint density at radius 2 is 2.29 bits per heavy atom. The highest BCUT2D eigenvalue weighted by Gasteiger charge is 2.08. The molecule has 0 amide bonds. The van der Waals surface area contributed by atoms with Crippen LogP contribution >= 0.6 is 0 Å². The summed E-state index contributed by atoms with van der Waals surface area (Å²) in [5.74, 6) is 2.67. The van der Waals surface area contributed by atoms with Crippen LogP contribution in [0.15, 0.2) is 18.2 Å². The molecule has 1 aromatic rings. The van der Waals surface area contributed by atoms with Gasteiger partial charge in [0.1, 0.15) is 0 Å². The highest BCUT2D eigenvalue weighted by atomic mass is 16.5. The average molecular weight is 186 g/mol. The molecule has 2 rings (SSSR count). The maximum atomic E-state index is 5.38. The molecule has 0 N–H and O–H groups in total. The molecule has 1 aliphatic rings. The Morgan fingerprint density at radius 3 is 3.14 bits per heavy atom. The summed E-state index contributed by atoms with van der Waals surface area (Å²) in [6.07, 6.45) is 8.10. The maximum absolute atomic E-state index is 5.38. The van der Waals surface area contributed by atoms with E-state index in [1.807, 2.05) is 0 Å². The first-order valence-electron chi connectivity index (χ1n) is 5.02. The summed E-state index contributed by atoms with van der Waals surface area (Å²) in [6.45, 7) is 1.62. The molecule has 0 atom stereocenters. The minimum atomic E-state index is 0.769. The number of rotatable bonds is 2. The molecule has 0 unspecified atom stereocenters. The highest BCUT2D eigenvalue weighted by molar-refractivity contribution is 5.33. The second-order valence-corrected chi connectivity index (χ2v) is 3.61. The highest BCUT2D eigenvalue weighted by Crippen LogP contribution is 2.18. The number of hydrogen-bond donors (Lipinski definition) is 0. The Balaban J connectivity index is 2.17. The van der Waals surface area contributed by atoms with Crippen LogP contribution in [0.4, 0.5) is 0 Å². The van der Waals surface area contributed by atoms with Crippen LogP contribution in [0.5, 0.6) is 0 Å². The van der Waals surface area contributed by atoms with Gasteiger partial charge in [-0.2, -0.15) is 0 Å². The molecule has 0 spiro atoms. The zero-order valence-electron chi connectivity index (χ0n) is 8.25. The van der Waals surface area contributed by atoms with E-state index in [1.54, 1.807) is 0 Å². The lowest BCUT2D eigenvalue weighted by Crippen LogP contribution is -2.09. The van der Waals surface area contributed by atoms with E-state index < -0.39 is 0 Å². The van der Waals surface area contributed by atoms with Gasteiger partial charge >= 0.3 is 0 Å². The van der Waals surface area contributed by atoms with E-state index >= 15 is 0 Å². The van der Waals surface area contributed by atoms with Crippen LogP contribution < -0.4 is 0 Å². The fourth-order valence-corrected chi connectivity index (χ4v) is 1.79. The minimum Gasteiger partial charge on any atom is -0.376 e. The summed E-state index contributed by atoms with van der Waals surface area (Å²) in [4.78, 5) is 0. The topological polar surface area (TPSA) is 9.23 Å². The van der Waals surface area contributed by atoms with Crippen LogP contribution in [-0.2, 0) is 24.2 Å². The molecular weight excluding hydrogens is 172 g/mol. The van der Waals surface area contributed by atoms with Gasteiger partial charge in [0.05, 0.1) is 13.2 Å². The Kier molecular flexibility index (Phi) is 2.86. The fraction of sp³-hybridized carbons (Fsp3) is 0.385. The molecule has 0 saturated heterocycles. The molecule has 14 heavy (non-hydrogen) atoms. The Bertz CT molecular complexity index is 360. The van der Waals surface area contributed by atoms with E-state index in [-0.39, 0.29) is 0 Å². The number of benzene rings is 1. The molecule has 0 fully saturated rings. The van der Waals surface area contributed by atoms with Crippen molar-refractivity contribution in [3.63, 3.8) is 0 Å². The Hall–Kier alpha value is -1.26. The number of fused-ring (bicyclic) bond motifs is 1. The van der Waals surface area contributed by atoms with Gasteiger partial charge in [-0.1, -0.05) is 18.2 Å². The number of terminal acetylenes is 1. The number of ether oxygens (including phenoxy) is 1. The van der Waals surface area contributed by atoms with Gasteiger partial charge in [-0.3, -0.25) is 0 Å². The molecule has 0 radical (unpaired) electrons. The molecule has 1 heterocycles. The fourth-order valence-electron chi connectivity index (χ4n) is 1.79. The SMILES string of the molecule is C#CCCc1ccc2c(c1)CCOC2. The van der Waals surface area contributed by atoms with Crippen molar-refractivity contribution in [2.45, 2.75) is 25.9 Å². The van der Waals surface area contributed by atoms with E-state index in [2.05, 4.69) is 24.1 Å². The third-order valence-electron chi connectivity index (χ3n) is 2.60. The average Bonchev–Trinajstić information content (AvgIpc) is 2.26. The largest absolute Gasteiger partial charge is 0.376 e. The molecule has 0 aliphatic carbocycles. The molecular formula is C13H14O. The van der Waals surface area contributed by atoms with Gasteiger partial charge in [0, 0.05) is 6.42 Å². The lowest BCUT2D eigenvalue weighted by Gasteiger charge is -2.17. The summed E-state index contributed by atoms with van der Waals surface area (Å²) in [6, 6.07) is 6.60. The van der Waals surface area contributed by atoms with E-state index in [4.69, 9.17) is 11.2 Å². The van der Waals surface area contributed by atoms with Gasteiger partial charge in [0.2, 0.25) is 0 Å². The predicted molar refractivity (Wildman–Crippen MR) is 57.0 cm³/mol. The molecule has 72 valence electrons. The third kappa shape index (κ3) is 1.97. The van der Waals surface area contributed by atoms with Crippen LogP contribution in [0, 0.1) is 12.3 Å². The van der Waals surface area contributed by atoms with Crippen molar-refractivity contribution in [2.24, 2.45) is 0 Å². The Morgan fingerprint density at radius 1 is 1.36 bits per heavy atom. The molecule has 1 aromatic carbocycles. The van der Waals surface area contributed by atoms with Crippen molar-refractivity contribution in [1.82, 2.24) is 0 Å². The van der Waals surface area contributed by atoms with Gasteiger partial charge in [0.25, 0.3) is 0 Å². The van der Waals surface area contributed by atoms with Crippen molar-refractivity contribution in [3.8, 4) is 12.3 Å². The summed E-state index contributed by atoms with van der Waals surface area (Å²) >= 11 is 0. The zero-order valence-corrected chi connectivity index (χ0v) is 8.25. The molecule has 0 aromatic heterocycles. The molecule has 0 saturated carbocycles. The van der Waals surface area contributed by atoms with Crippen LogP contribution in [0.2, 0.25) is 0 Å². The molecule has 1 heteroatoms. The van der Waals surface area contributed by atoms with Crippen LogP contribution in [0.25, 0.3) is 0 Å². The summed E-state index contributed by atoms with van der Waals surface area (Å²) in [5, 5.41) is 0. The smallest absolute Gasteiger partial charge is 0.0719 e. The Labute approximate surface area is 85.1 Å². The second-order valence-electron chi connectivity index (χ2n) is 3.61. The molecule has 0 bridgehead atoms. The minimum absolute atomic E-state index is 0.769. The first-order valence-corrected chi connectivity index (χ1v) is 5.02. The number of aryl methyl sites for hydroxylation is 1. The van der Waals surface area contributed by atoms with Crippen LogP contribution in [-0.4, -0.2) is 6.61 Å². The second kappa shape index (κ2) is 4.30. The summed E-state index contributed by atoms with van der Waals surface area (Å²) in [5.41, 5.74) is 4.12. The number of hydrogen-bond acceptors (Lipinski definition) is 1. The van der Waals surface area contributed by atoms with Crippen LogP contribution in [0.3, 0.4) is 0 Å². The van der Waals surface area contributed by atoms with Crippen molar-refractivity contribution >= 4 is 0 Å². The van der Waals surface area contributed by atoms with Crippen LogP contribution in [0.1, 0.15) is 23.1 Å². The van der Waals surface area contributed by atoms with Gasteiger partial charge in [-0.05, 0) is 29.5 Å². The quantitative estimate of drug-likeness (QED) is 0.644. The van der Waals surface area contributed by atoms with Gasteiger partial charge in [-0.25, -0.2) is 0 Å². The molecule has 1 nitrogen and oxygen atoms in total. The lowest BCUT2D eigenvalue weighted by molar-refractivity contribution is 0.110. The van der Waals surface area contributed by atoms with E-state index in [0.717, 1.165) is 32.5 Å². The summed E-state index contributed by atoms with van der Waals surface area (Å²) in [7, 11) is 0. The van der Waals surface area contributed by atoms with Gasteiger partial charge in [0.15, 0.2) is 0 Å². The van der Waals surface area contributed by atoms with E-state index in [9.17, 15) is 0 Å². The molecule has 1 aliphatic heterocycles. The maximum Gasteiger partial charge on any atom is 0.0719 e. The van der Waals surface area contributed by atoms with E-state index in [1.165, 1.54) is 16.7 Å². The zero-order chi connectivity index (χ0) is 9.80. The van der Waals surface area contributed by atoms with Crippen molar-refractivity contribution < 1.29 is 4.74 Å². The summed E-state index contributed by atoms with van der Waals surface area (Å²) < 4.78 is 5.38. The normalized spacial score (nSPS) is 14.5. The lowest BCUT2D eigenvalue weighted by atomic mass is 9.98. The first kappa shape index (κ1) is 9.30. The van der Waals surface area contributed by atoms with Gasteiger partial charge in [-0.15, -0.1) is 12.3 Å². The van der Waals surface area contributed by atoms with Crippen molar-refractivity contribution in [3.05, 3.63) is 34.9 Å². The first-order chi connectivity index (χ1) is 6.90. The third-order valence-corrected chi connectivity index (χ3v) is 2.60. The monoisotopic (exact) mass is 186 g/mol. The van der Waals surface area contributed by atoms with E-state index in [0.29, 0.717) is 0 Å².